The first-order valence-corrected chi connectivity index (χ1v) is 6.18. The van der Waals surface area contributed by atoms with E-state index in [2.05, 4.69) is 10.6 Å². The highest BCUT2D eigenvalue weighted by atomic mass is 19.4. The average Bonchev–Trinajstić information content (AvgIpc) is 2.89. The largest absolute Gasteiger partial charge is 0.478 e. The average molecular weight is 302 g/mol. The van der Waals surface area contributed by atoms with Crippen LogP contribution in [0.4, 0.5) is 18.9 Å². The third-order valence-electron chi connectivity index (χ3n) is 3.52. The van der Waals surface area contributed by atoms with Gasteiger partial charge in [0.15, 0.2) is 5.41 Å². The minimum absolute atomic E-state index is 0.0129. The van der Waals surface area contributed by atoms with Gasteiger partial charge in [-0.15, -0.1) is 0 Å². The molecule has 1 saturated heterocycles. The minimum Gasteiger partial charge on any atom is -0.478 e. The standard InChI is InChI=1S/C13H13F3N2O3/c14-13(15,16)12(5-6-17-7-12)11(21)18-9-3-1-8(2-4-9)10(19)20/h1-4,17H,5-7H2,(H,18,21)(H,19,20). The molecular formula is C13H13F3N2O3. The molecule has 5 nitrogen and oxygen atoms in total. The molecule has 1 atom stereocenters. The number of carbonyl (C=O) groups is 2. The van der Waals surface area contributed by atoms with Crippen LogP contribution in [0.5, 0.6) is 0 Å². The number of benzene rings is 1. The topological polar surface area (TPSA) is 78.4 Å². The fourth-order valence-electron chi connectivity index (χ4n) is 2.20. The van der Waals surface area contributed by atoms with Crippen molar-refractivity contribution in [2.24, 2.45) is 5.41 Å². The monoisotopic (exact) mass is 302 g/mol. The highest BCUT2D eigenvalue weighted by molar-refractivity contribution is 5.97. The van der Waals surface area contributed by atoms with Crippen LogP contribution in [0, 0.1) is 5.41 Å². The molecule has 0 radical (unpaired) electrons. The van der Waals surface area contributed by atoms with Gasteiger partial charge in [0, 0.05) is 12.2 Å². The zero-order valence-corrected chi connectivity index (χ0v) is 10.8. The van der Waals surface area contributed by atoms with Crippen molar-refractivity contribution in [3.8, 4) is 0 Å². The number of amides is 1. The number of nitrogens with one attached hydrogen (secondary N) is 2. The molecule has 2 rings (SSSR count). The molecule has 0 spiro atoms. The summed E-state index contributed by atoms with van der Waals surface area (Å²) in [5, 5.41) is 13.5. The number of aromatic carboxylic acids is 1. The Bertz CT molecular complexity index is 549. The van der Waals surface area contributed by atoms with E-state index in [9.17, 15) is 22.8 Å². The van der Waals surface area contributed by atoms with Gasteiger partial charge in [0.25, 0.3) is 0 Å². The number of hydrogen-bond donors (Lipinski definition) is 3. The zero-order chi connectivity index (χ0) is 15.7. The number of carbonyl (C=O) groups excluding carboxylic acids is 1. The Morgan fingerprint density at radius 1 is 1.24 bits per heavy atom. The summed E-state index contributed by atoms with van der Waals surface area (Å²) in [4.78, 5) is 22.7. The van der Waals surface area contributed by atoms with Crippen molar-refractivity contribution in [3.05, 3.63) is 29.8 Å². The molecule has 0 aliphatic carbocycles. The number of anilines is 1. The van der Waals surface area contributed by atoms with Gasteiger partial charge in [-0.05, 0) is 37.2 Å². The molecule has 8 heteroatoms. The molecule has 3 N–H and O–H groups in total. The van der Waals surface area contributed by atoms with Crippen LogP contribution in [0.2, 0.25) is 0 Å². The van der Waals surface area contributed by atoms with Gasteiger partial charge in [-0.25, -0.2) is 4.79 Å². The maximum Gasteiger partial charge on any atom is 0.404 e. The van der Waals surface area contributed by atoms with Crippen LogP contribution in [0.25, 0.3) is 0 Å². The number of rotatable bonds is 3. The Balaban J connectivity index is 2.18. The van der Waals surface area contributed by atoms with E-state index in [4.69, 9.17) is 5.11 Å². The first kappa shape index (κ1) is 15.3. The van der Waals surface area contributed by atoms with Gasteiger partial charge in [-0.1, -0.05) is 0 Å². The predicted octanol–water partition coefficient (Wildman–Crippen LogP) is 1.87. The summed E-state index contributed by atoms with van der Waals surface area (Å²) >= 11 is 0. The third kappa shape index (κ3) is 2.85. The van der Waals surface area contributed by atoms with Gasteiger partial charge in [0.1, 0.15) is 0 Å². The van der Waals surface area contributed by atoms with Gasteiger partial charge in [-0.2, -0.15) is 13.2 Å². The van der Waals surface area contributed by atoms with Gasteiger partial charge in [0.05, 0.1) is 5.56 Å². The van der Waals surface area contributed by atoms with Gasteiger partial charge in [0.2, 0.25) is 5.91 Å². The van der Waals surface area contributed by atoms with Crippen LogP contribution in [0.15, 0.2) is 24.3 Å². The Hall–Kier alpha value is -2.09. The second-order valence-electron chi connectivity index (χ2n) is 4.84. The Kier molecular flexibility index (Phi) is 3.91. The zero-order valence-electron chi connectivity index (χ0n) is 10.8. The number of carboxylic acids is 1. The molecule has 1 amide bonds. The summed E-state index contributed by atoms with van der Waals surface area (Å²) < 4.78 is 39.5. The minimum atomic E-state index is -4.65. The summed E-state index contributed by atoms with van der Waals surface area (Å²) in [6, 6.07) is 4.94. The van der Waals surface area contributed by atoms with Crippen molar-refractivity contribution in [3.63, 3.8) is 0 Å². The normalized spacial score (nSPS) is 22.0. The third-order valence-corrected chi connectivity index (χ3v) is 3.52. The van der Waals surface area contributed by atoms with Gasteiger partial charge in [-0.3, -0.25) is 4.79 Å². The molecule has 1 heterocycles. The van der Waals surface area contributed by atoms with Crippen molar-refractivity contribution in [2.45, 2.75) is 12.6 Å². The summed E-state index contributed by atoms with van der Waals surface area (Å²) in [7, 11) is 0. The molecule has 0 bridgehead atoms. The van der Waals surface area contributed by atoms with E-state index in [1.807, 2.05) is 0 Å². The summed E-state index contributed by atoms with van der Waals surface area (Å²) in [6.45, 7) is -0.347. The number of alkyl halides is 3. The Morgan fingerprint density at radius 3 is 2.29 bits per heavy atom. The molecule has 0 aromatic heterocycles. The van der Waals surface area contributed by atoms with Crippen LogP contribution in [0.1, 0.15) is 16.8 Å². The molecule has 1 aliphatic rings. The van der Waals surface area contributed by atoms with Gasteiger partial charge < -0.3 is 15.7 Å². The van der Waals surface area contributed by atoms with E-state index < -0.39 is 30.0 Å². The molecule has 1 fully saturated rings. The lowest BCUT2D eigenvalue weighted by atomic mass is 9.85. The predicted molar refractivity (Wildman–Crippen MR) is 68.0 cm³/mol. The molecule has 114 valence electrons. The van der Waals surface area contributed by atoms with Crippen LogP contribution in [-0.4, -0.2) is 36.2 Å². The quantitative estimate of drug-likeness (QED) is 0.796. The second kappa shape index (κ2) is 5.36. The van der Waals surface area contributed by atoms with E-state index in [1.54, 1.807) is 0 Å². The number of halogens is 3. The lowest BCUT2D eigenvalue weighted by molar-refractivity contribution is -0.213. The molecule has 1 aliphatic heterocycles. The lowest BCUT2D eigenvalue weighted by Gasteiger charge is -2.29. The number of carboxylic acid groups (broad SMARTS) is 1. The maximum absolute atomic E-state index is 13.2. The van der Waals surface area contributed by atoms with Crippen LogP contribution in [0.3, 0.4) is 0 Å². The number of hydrogen-bond acceptors (Lipinski definition) is 3. The van der Waals surface area contributed by atoms with Gasteiger partial charge >= 0.3 is 12.1 Å². The first-order valence-electron chi connectivity index (χ1n) is 6.18. The van der Waals surface area contributed by atoms with E-state index in [1.165, 1.54) is 24.3 Å². The molecule has 1 aromatic carbocycles. The van der Waals surface area contributed by atoms with Crippen LogP contribution < -0.4 is 10.6 Å². The summed E-state index contributed by atoms with van der Waals surface area (Å²) in [5.74, 6) is -2.29. The maximum atomic E-state index is 13.2. The summed E-state index contributed by atoms with van der Waals surface area (Å²) in [5.41, 5.74) is -2.33. The SMILES string of the molecule is O=C(O)c1ccc(NC(=O)C2(C(F)(F)F)CCNC2)cc1. The second-order valence-corrected chi connectivity index (χ2v) is 4.84. The molecule has 0 saturated carbocycles. The highest BCUT2D eigenvalue weighted by Crippen LogP contribution is 2.43. The van der Waals surface area contributed by atoms with Crippen molar-refractivity contribution >= 4 is 17.6 Å². The van der Waals surface area contributed by atoms with Crippen LogP contribution in [-0.2, 0) is 4.79 Å². The smallest absolute Gasteiger partial charge is 0.404 e. The van der Waals surface area contributed by atoms with E-state index >= 15 is 0 Å². The Morgan fingerprint density at radius 2 is 1.86 bits per heavy atom. The lowest BCUT2D eigenvalue weighted by Crippen LogP contribution is -2.49. The van der Waals surface area contributed by atoms with Crippen LogP contribution >= 0.6 is 0 Å². The fourth-order valence-corrected chi connectivity index (χ4v) is 2.20. The fraction of sp³-hybridized carbons (Fsp3) is 0.385. The van der Waals surface area contributed by atoms with Crippen molar-refractivity contribution in [1.82, 2.24) is 5.32 Å². The summed E-state index contributed by atoms with van der Waals surface area (Å²) in [6.07, 6.45) is -4.98. The molecule has 1 unspecified atom stereocenters. The van der Waals surface area contributed by atoms with E-state index in [0.717, 1.165) is 0 Å². The van der Waals surface area contributed by atoms with E-state index in [0.29, 0.717) is 0 Å². The molecule has 1 aromatic rings. The Labute approximate surface area is 118 Å². The van der Waals surface area contributed by atoms with Crippen molar-refractivity contribution in [2.75, 3.05) is 18.4 Å². The highest BCUT2D eigenvalue weighted by Gasteiger charge is 2.61. The van der Waals surface area contributed by atoms with E-state index in [-0.39, 0.29) is 24.2 Å². The van der Waals surface area contributed by atoms with Crippen molar-refractivity contribution < 1.29 is 27.9 Å². The molecular weight excluding hydrogens is 289 g/mol. The first-order chi connectivity index (χ1) is 9.76. The van der Waals surface area contributed by atoms with Crippen molar-refractivity contribution in [1.29, 1.82) is 0 Å². The molecule has 21 heavy (non-hydrogen) atoms.